The largest absolute Gasteiger partial charge is 0.493 e. The van der Waals surface area contributed by atoms with Gasteiger partial charge in [0, 0.05) is 12.3 Å². The van der Waals surface area contributed by atoms with E-state index in [0.717, 1.165) is 25.0 Å². The highest BCUT2D eigenvalue weighted by molar-refractivity contribution is 5.18. The van der Waals surface area contributed by atoms with Crippen molar-refractivity contribution in [3.05, 3.63) is 52.8 Å². The minimum atomic E-state index is -0.0793. The Bertz CT molecular complexity index is 543. The van der Waals surface area contributed by atoms with Crippen LogP contribution < -0.4 is 10.3 Å². The molecular formula is C15H19NO3. The van der Waals surface area contributed by atoms with E-state index in [1.54, 1.807) is 17.0 Å². The van der Waals surface area contributed by atoms with Crippen molar-refractivity contribution in [1.82, 2.24) is 4.57 Å². The van der Waals surface area contributed by atoms with Gasteiger partial charge in [-0.1, -0.05) is 19.8 Å². The Morgan fingerprint density at radius 1 is 1.32 bits per heavy atom. The first-order valence-electron chi connectivity index (χ1n) is 6.65. The van der Waals surface area contributed by atoms with Crippen molar-refractivity contribution in [2.75, 3.05) is 6.61 Å². The zero-order valence-electron chi connectivity index (χ0n) is 11.2. The zero-order chi connectivity index (χ0) is 13.5. The minimum absolute atomic E-state index is 0.0793. The maximum Gasteiger partial charge on any atom is 0.254 e. The van der Waals surface area contributed by atoms with Crippen molar-refractivity contribution < 1.29 is 9.15 Å². The number of hydrogen-bond donors (Lipinski definition) is 0. The summed E-state index contributed by atoms with van der Waals surface area (Å²) in [6.07, 6.45) is 6.67. The number of nitrogens with zero attached hydrogens (tertiary/aromatic N) is 1. The molecule has 2 heterocycles. The second kappa shape index (κ2) is 6.83. The lowest BCUT2D eigenvalue weighted by atomic mass is 10.3. The van der Waals surface area contributed by atoms with Crippen LogP contribution in [0.25, 0.3) is 0 Å². The molecule has 0 amide bonds. The molecule has 0 unspecified atom stereocenters. The van der Waals surface area contributed by atoms with E-state index in [4.69, 9.17) is 9.15 Å². The number of hydrogen-bond acceptors (Lipinski definition) is 3. The quantitative estimate of drug-likeness (QED) is 0.719. The lowest BCUT2D eigenvalue weighted by Gasteiger charge is -2.07. The normalized spacial score (nSPS) is 10.6. The van der Waals surface area contributed by atoms with Crippen molar-refractivity contribution in [2.45, 2.75) is 32.7 Å². The summed E-state index contributed by atoms with van der Waals surface area (Å²) in [5.74, 6) is 1.40. The fourth-order valence-corrected chi connectivity index (χ4v) is 1.82. The van der Waals surface area contributed by atoms with Crippen LogP contribution in [0.2, 0.25) is 0 Å². The van der Waals surface area contributed by atoms with Gasteiger partial charge in [0.2, 0.25) is 0 Å². The van der Waals surface area contributed by atoms with Crippen LogP contribution in [-0.2, 0) is 6.54 Å². The Kier molecular flexibility index (Phi) is 4.84. The maximum absolute atomic E-state index is 11.9. The lowest BCUT2D eigenvalue weighted by Crippen LogP contribution is -2.19. The van der Waals surface area contributed by atoms with Gasteiger partial charge in [-0.25, -0.2) is 0 Å². The van der Waals surface area contributed by atoms with Crippen LogP contribution in [0.3, 0.4) is 0 Å². The van der Waals surface area contributed by atoms with Gasteiger partial charge in [0.1, 0.15) is 11.5 Å². The van der Waals surface area contributed by atoms with Crippen LogP contribution in [0.1, 0.15) is 31.9 Å². The molecule has 4 nitrogen and oxygen atoms in total. The molecule has 0 spiro atoms. The summed E-state index contributed by atoms with van der Waals surface area (Å²) in [6.45, 7) is 3.26. The second-order valence-electron chi connectivity index (χ2n) is 4.46. The molecule has 2 aromatic heterocycles. The molecule has 19 heavy (non-hydrogen) atoms. The Morgan fingerprint density at radius 3 is 2.89 bits per heavy atom. The van der Waals surface area contributed by atoms with Crippen molar-refractivity contribution in [3.63, 3.8) is 0 Å². The molecule has 102 valence electrons. The van der Waals surface area contributed by atoms with Crippen molar-refractivity contribution in [2.24, 2.45) is 0 Å². The van der Waals surface area contributed by atoms with E-state index in [1.165, 1.54) is 6.07 Å². The van der Waals surface area contributed by atoms with E-state index >= 15 is 0 Å². The van der Waals surface area contributed by atoms with Crippen molar-refractivity contribution in [3.8, 4) is 5.75 Å². The molecular weight excluding hydrogens is 242 g/mol. The number of unbranched alkanes of at least 4 members (excludes halogenated alkanes) is 2. The third kappa shape index (κ3) is 4.02. The fourth-order valence-electron chi connectivity index (χ4n) is 1.82. The lowest BCUT2D eigenvalue weighted by molar-refractivity contribution is 0.305. The highest BCUT2D eigenvalue weighted by atomic mass is 16.5. The molecule has 0 aliphatic heterocycles. The maximum atomic E-state index is 11.9. The van der Waals surface area contributed by atoms with Crippen LogP contribution in [0.15, 0.2) is 45.9 Å². The molecule has 0 fully saturated rings. The Labute approximate surface area is 112 Å². The Hall–Kier alpha value is -1.97. The molecule has 0 aliphatic rings. The van der Waals surface area contributed by atoms with Crippen LogP contribution >= 0.6 is 0 Å². The summed E-state index contributed by atoms with van der Waals surface area (Å²) in [6, 6.07) is 7.00. The summed E-state index contributed by atoms with van der Waals surface area (Å²) < 4.78 is 12.4. The highest BCUT2D eigenvalue weighted by Gasteiger charge is 2.02. The first-order chi connectivity index (χ1) is 9.29. The first-order valence-corrected chi connectivity index (χ1v) is 6.65. The molecule has 2 rings (SSSR count). The van der Waals surface area contributed by atoms with E-state index in [1.807, 2.05) is 18.2 Å². The summed E-state index contributed by atoms with van der Waals surface area (Å²) in [5.41, 5.74) is -0.0793. The average molecular weight is 261 g/mol. The van der Waals surface area contributed by atoms with Crippen LogP contribution in [0.5, 0.6) is 5.75 Å². The molecule has 0 bridgehead atoms. The molecule has 0 atom stereocenters. The molecule has 0 radical (unpaired) electrons. The third-order valence-electron chi connectivity index (χ3n) is 2.89. The van der Waals surface area contributed by atoms with Gasteiger partial charge in [-0.15, -0.1) is 0 Å². The van der Waals surface area contributed by atoms with E-state index in [9.17, 15) is 4.79 Å². The molecule has 4 heteroatoms. The summed E-state index contributed by atoms with van der Waals surface area (Å²) >= 11 is 0. The van der Waals surface area contributed by atoms with Crippen LogP contribution in [0.4, 0.5) is 0 Å². The number of pyridine rings is 1. The smallest absolute Gasteiger partial charge is 0.254 e. The number of furan rings is 1. The van der Waals surface area contributed by atoms with Crippen molar-refractivity contribution >= 4 is 0 Å². The molecule has 0 saturated heterocycles. The van der Waals surface area contributed by atoms with Gasteiger partial charge in [0.25, 0.3) is 5.56 Å². The highest BCUT2D eigenvalue weighted by Crippen LogP contribution is 2.08. The molecule has 0 aromatic carbocycles. The van der Waals surface area contributed by atoms with Gasteiger partial charge in [-0.3, -0.25) is 4.79 Å². The third-order valence-corrected chi connectivity index (χ3v) is 2.89. The number of rotatable bonds is 7. The topological polar surface area (TPSA) is 44.4 Å². The fraction of sp³-hybridized carbons (Fsp3) is 0.400. The second-order valence-corrected chi connectivity index (χ2v) is 4.46. The van der Waals surface area contributed by atoms with Gasteiger partial charge < -0.3 is 13.7 Å². The Morgan fingerprint density at radius 2 is 2.21 bits per heavy atom. The molecule has 0 aliphatic carbocycles. The van der Waals surface area contributed by atoms with Gasteiger partial charge >= 0.3 is 0 Å². The number of ether oxygens (including phenoxy) is 1. The van der Waals surface area contributed by atoms with Crippen LogP contribution in [-0.4, -0.2) is 11.2 Å². The Balaban J connectivity index is 1.95. The van der Waals surface area contributed by atoms with E-state index in [0.29, 0.717) is 18.9 Å². The first kappa shape index (κ1) is 13.5. The van der Waals surface area contributed by atoms with Crippen molar-refractivity contribution in [1.29, 1.82) is 0 Å². The SMILES string of the molecule is CCCCCOc1ccn(Cc2ccco2)c(=O)c1. The molecule has 0 N–H and O–H groups in total. The predicted molar refractivity (Wildman–Crippen MR) is 73.5 cm³/mol. The van der Waals surface area contributed by atoms with E-state index in [2.05, 4.69) is 6.92 Å². The average Bonchev–Trinajstić information content (AvgIpc) is 2.91. The predicted octanol–water partition coefficient (Wildman–Crippen LogP) is 3.06. The van der Waals surface area contributed by atoms with Crippen LogP contribution in [0, 0.1) is 0 Å². The molecule has 2 aromatic rings. The summed E-state index contributed by atoms with van der Waals surface area (Å²) in [5, 5.41) is 0. The number of aromatic nitrogens is 1. The monoisotopic (exact) mass is 261 g/mol. The van der Waals surface area contributed by atoms with E-state index < -0.39 is 0 Å². The summed E-state index contributed by atoms with van der Waals surface area (Å²) in [7, 11) is 0. The van der Waals surface area contributed by atoms with Gasteiger partial charge in [0.05, 0.1) is 19.4 Å². The summed E-state index contributed by atoms with van der Waals surface area (Å²) in [4.78, 5) is 11.9. The minimum Gasteiger partial charge on any atom is -0.493 e. The van der Waals surface area contributed by atoms with Gasteiger partial charge in [-0.05, 0) is 24.6 Å². The van der Waals surface area contributed by atoms with Gasteiger partial charge in [0.15, 0.2) is 0 Å². The zero-order valence-corrected chi connectivity index (χ0v) is 11.2. The van der Waals surface area contributed by atoms with Gasteiger partial charge in [-0.2, -0.15) is 0 Å². The molecule has 0 saturated carbocycles. The standard InChI is InChI=1S/C15H19NO3/c1-2-3-4-9-18-13-7-8-16(15(17)11-13)12-14-6-5-10-19-14/h5-8,10-11H,2-4,9,12H2,1H3. The van der Waals surface area contributed by atoms with E-state index in [-0.39, 0.29) is 5.56 Å².